The van der Waals surface area contributed by atoms with E-state index >= 15 is 0 Å². The van der Waals surface area contributed by atoms with Crippen LogP contribution in [0.15, 0.2) is 82.2 Å². The number of hydrogen-bond donors (Lipinski definition) is 2. The minimum atomic E-state index is -3.80. The second-order valence-electron chi connectivity index (χ2n) is 5.93. The minimum Gasteiger partial charge on any atom is -0.322 e. The Balaban J connectivity index is 1.87. The molecule has 7 heteroatoms. The molecule has 3 aromatic carbocycles. The van der Waals surface area contributed by atoms with E-state index in [9.17, 15) is 13.2 Å². The molecule has 2 N–H and O–H groups in total. The van der Waals surface area contributed by atoms with Gasteiger partial charge >= 0.3 is 0 Å². The third-order valence-corrected chi connectivity index (χ3v) is 5.70. The first-order valence-corrected chi connectivity index (χ1v) is 10.4. The summed E-state index contributed by atoms with van der Waals surface area (Å²) in [4.78, 5) is 12.8. The maximum atomic E-state index is 12.7. The Morgan fingerprint density at radius 1 is 0.926 bits per heavy atom. The summed E-state index contributed by atoms with van der Waals surface area (Å²) in [6.07, 6.45) is 0. The summed E-state index contributed by atoms with van der Waals surface area (Å²) in [7, 11) is -3.80. The molecule has 0 aliphatic heterocycles. The van der Waals surface area contributed by atoms with Crippen LogP contribution in [-0.2, 0) is 10.0 Å². The topological polar surface area (TPSA) is 75.3 Å². The zero-order chi connectivity index (χ0) is 19.4. The number of anilines is 2. The normalized spacial score (nSPS) is 11.0. The van der Waals surface area contributed by atoms with E-state index in [0.29, 0.717) is 5.69 Å². The van der Waals surface area contributed by atoms with E-state index in [0.717, 1.165) is 10.0 Å². The molecule has 5 nitrogen and oxygen atoms in total. The molecule has 1 amide bonds. The Bertz CT molecular complexity index is 1080. The summed E-state index contributed by atoms with van der Waals surface area (Å²) in [5.41, 5.74) is 2.01. The molecule has 0 unspecified atom stereocenters. The SMILES string of the molecule is Cc1ccc(S(=O)(=O)Nc2ccccc2C(=O)Nc2cccc(Br)c2)cc1. The fourth-order valence-corrected chi connectivity index (χ4v) is 3.93. The molecule has 0 radical (unpaired) electrons. The van der Waals surface area contributed by atoms with Crippen LogP contribution in [0.5, 0.6) is 0 Å². The molecular weight excluding hydrogens is 428 g/mol. The first-order chi connectivity index (χ1) is 12.8. The summed E-state index contributed by atoms with van der Waals surface area (Å²) in [6.45, 7) is 1.88. The van der Waals surface area contributed by atoms with Crippen LogP contribution in [0, 0.1) is 6.92 Å². The summed E-state index contributed by atoms with van der Waals surface area (Å²) < 4.78 is 28.6. The van der Waals surface area contributed by atoms with Gasteiger partial charge in [-0.05, 0) is 49.4 Å². The van der Waals surface area contributed by atoms with Crippen molar-refractivity contribution in [3.05, 3.63) is 88.4 Å². The van der Waals surface area contributed by atoms with Gasteiger partial charge < -0.3 is 5.32 Å². The second-order valence-corrected chi connectivity index (χ2v) is 8.53. The number of rotatable bonds is 5. The summed E-state index contributed by atoms with van der Waals surface area (Å²) in [5, 5.41) is 2.77. The summed E-state index contributed by atoms with van der Waals surface area (Å²) in [6, 6.07) is 20.1. The number of sulfonamides is 1. The van der Waals surface area contributed by atoms with E-state index in [1.54, 1.807) is 54.6 Å². The fraction of sp³-hybridized carbons (Fsp3) is 0.0500. The molecule has 0 aliphatic rings. The van der Waals surface area contributed by atoms with Crippen molar-refractivity contribution in [3.63, 3.8) is 0 Å². The van der Waals surface area contributed by atoms with Gasteiger partial charge in [0.05, 0.1) is 16.1 Å². The van der Waals surface area contributed by atoms with Crippen LogP contribution < -0.4 is 10.0 Å². The highest BCUT2D eigenvalue weighted by molar-refractivity contribution is 9.10. The van der Waals surface area contributed by atoms with Crippen LogP contribution in [0.25, 0.3) is 0 Å². The van der Waals surface area contributed by atoms with Crippen molar-refractivity contribution in [3.8, 4) is 0 Å². The van der Waals surface area contributed by atoms with Crippen LogP contribution in [0.3, 0.4) is 0 Å². The molecule has 0 bridgehead atoms. The number of carbonyl (C=O) groups is 1. The Morgan fingerprint density at radius 2 is 1.63 bits per heavy atom. The first-order valence-electron chi connectivity index (χ1n) is 8.10. The molecule has 0 spiro atoms. The minimum absolute atomic E-state index is 0.135. The number of aryl methyl sites for hydroxylation is 1. The summed E-state index contributed by atoms with van der Waals surface area (Å²) >= 11 is 3.35. The van der Waals surface area contributed by atoms with Gasteiger partial charge in [-0.3, -0.25) is 9.52 Å². The number of para-hydroxylation sites is 1. The lowest BCUT2D eigenvalue weighted by Crippen LogP contribution is -2.18. The molecule has 27 heavy (non-hydrogen) atoms. The van der Waals surface area contributed by atoms with Gasteiger partial charge in [-0.2, -0.15) is 0 Å². The molecule has 0 fully saturated rings. The smallest absolute Gasteiger partial charge is 0.261 e. The average Bonchev–Trinajstić information content (AvgIpc) is 2.62. The number of hydrogen-bond acceptors (Lipinski definition) is 3. The van der Waals surface area contributed by atoms with Crippen LogP contribution in [-0.4, -0.2) is 14.3 Å². The highest BCUT2D eigenvalue weighted by Crippen LogP contribution is 2.22. The highest BCUT2D eigenvalue weighted by Gasteiger charge is 2.18. The molecule has 0 aromatic heterocycles. The van der Waals surface area contributed by atoms with E-state index in [2.05, 4.69) is 26.0 Å². The Morgan fingerprint density at radius 3 is 2.33 bits per heavy atom. The van der Waals surface area contributed by atoms with E-state index in [4.69, 9.17) is 0 Å². The number of carbonyl (C=O) groups excluding carboxylic acids is 1. The van der Waals surface area contributed by atoms with Gasteiger partial charge in [0, 0.05) is 10.2 Å². The van der Waals surface area contributed by atoms with E-state index in [-0.39, 0.29) is 16.1 Å². The third kappa shape index (κ3) is 4.75. The number of halogens is 1. The average molecular weight is 445 g/mol. The van der Waals surface area contributed by atoms with E-state index in [1.165, 1.54) is 12.1 Å². The van der Waals surface area contributed by atoms with Crippen LogP contribution >= 0.6 is 15.9 Å². The van der Waals surface area contributed by atoms with Gasteiger partial charge in [-0.1, -0.05) is 51.8 Å². The maximum Gasteiger partial charge on any atom is 0.261 e. The summed E-state index contributed by atoms with van der Waals surface area (Å²) in [5.74, 6) is -0.407. The quantitative estimate of drug-likeness (QED) is 0.592. The molecule has 0 saturated carbocycles. The van der Waals surface area contributed by atoms with Crippen molar-refractivity contribution in [1.82, 2.24) is 0 Å². The van der Waals surface area contributed by atoms with Crippen LogP contribution in [0.4, 0.5) is 11.4 Å². The number of benzene rings is 3. The van der Waals surface area contributed by atoms with E-state index < -0.39 is 15.9 Å². The largest absolute Gasteiger partial charge is 0.322 e. The molecular formula is C20H17BrN2O3S. The van der Waals surface area contributed by atoms with E-state index in [1.807, 2.05) is 13.0 Å². The standard InChI is InChI=1S/C20H17BrN2O3S/c1-14-9-11-17(12-10-14)27(25,26)23-19-8-3-2-7-18(19)20(24)22-16-6-4-5-15(21)13-16/h2-13,23H,1H3,(H,22,24). The van der Waals surface area contributed by atoms with Gasteiger partial charge in [-0.25, -0.2) is 8.42 Å². The number of nitrogens with one attached hydrogen (secondary N) is 2. The van der Waals surface area contributed by atoms with Crippen molar-refractivity contribution in [1.29, 1.82) is 0 Å². The monoisotopic (exact) mass is 444 g/mol. The third-order valence-electron chi connectivity index (χ3n) is 3.83. The first kappa shape index (κ1) is 19.1. The van der Waals surface area contributed by atoms with Crippen LogP contribution in [0.2, 0.25) is 0 Å². The van der Waals surface area contributed by atoms with Crippen LogP contribution in [0.1, 0.15) is 15.9 Å². The molecule has 138 valence electrons. The lowest BCUT2D eigenvalue weighted by molar-refractivity contribution is 0.102. The molecule has 3 rings (SSSR count). The maximum absolute atomic E-state index is 12.7. The Labute approximate surface area is 166 Å². The van der Waals surface area contributed by atoms with Crippen molar-refractivity contribution in [2.24, 2.45) is 0 Å². The zero-order valence-corrected chi connectivity index (χ0v) is 16.8. The van der Waals surface area contributed by atoms with Crippen molar-refractivity contribution >= 4 is 43.2 Å². The Kier molecular flexibility index (Phi) is 5.62. The van der Waals surface area contributed by atoms with Gasteiger partial charge in [0.2, 0.25) is 0 Å². The molecule has 0 saturated heterocycles. The fourth-order valence-electron chi connectivity index (χ4n) is 2.46. The molecule has 0 heterocycles. The molecule has 3 aromatic rings. The van der Waals surface area contributed by atoms with Gasteiger partial charge in [0.15, 0.2) is 0 Å². The Hall–Kier alpha value is -2.64. The highest BCUT2D eigenvalue weighted by atomic mass is 79.9. The van der Waals surface area contributed by atoms with Gasteiger partial charge in [-0.15, -0.1) is 0 Å². The molecule has 0 aliphatic carbocycles. The van der Waals surface area contributed by atoms with Gasteiger partial charge in [0.1, 0.15) is 0 Å². The van der Waals surface area contributed by atoms with Gasteiger partial charge in [0.25, 0.3) is 15.9 Å². The lowest BCUT2D eigenvalue weighted by Gasteiger charge is -2.13. The van der Waals surface area contributed by atoms with Crippen molar-refractivity contribution in [2.45, 2.75) is 11.8 Å². The van der Waals surface area contributed by atoms with Crippen molar-refractivity contribution in [2.75, 3.05) is 10.0 Å². The lowest BCUT2D eigenvalue weighted by atomic mass is 10.1. The predicted molar refractivity (Wildman–Crippen MR) is 111 cm³/mol. The predicted octanol–water partition coefficient (Wildman–Crippen LogP) is 4.81. The van der Waals surface area contributed by atoms with Crippen molar-refractivity contribution < 1.29 is 13.2 Å². The number of amides is 1. The zero-order valence-electron chi connectivity index (χ0n) is 14.4. The molecule has 0 atom stereocenters. The second kappa shape index (κ2) is 7.94.